The topological polar surface area (TPSA) is 20.2 Å². The van der Waals surface area contributed by atoms with Crippen LogP contribution in [0.2, 0.25) is 0 Å². The molecule has 0 radical (unpaired) electrons. The molecule has 0 saturated carbocycles. The maximum absolute atomic E-state index is 8.71. The minimum atomic E-state index is 0.160. The smallest absolute Gasteiger partial charge is 0.0614 e. The van der Waals surface area contributed by atoms with E-state index in [-0.39, 0.29) is 6.61 Å². The molecule has 0 aliphatic rings. The summed E-state index contributed by atoms with van der Waals surface area (Å²) in [6.07, 6.45) is 9.85. The Kier molecular flexibility index (Phi) is 8.93. The molecule has 0 rings (SSSR count). The second-order valence-corrected chi connectivity index (χ2v) is 4.63. The molecule has 0 aliphatic carbocycles. The van der Waals surface area contributed by atoms with Crippen LogP contribution in [0.25, 0.3) is 0 Å². The Morgan fingerprint density at radius 2 is 1.62 bits per heavy atom. The van der Waals surface area contributed by atoms with Crippen molar-refractivity contribution < 1.29 is 5.11 Å². The predicted octanol–water partition coefficient (Wildman–Crippen LogP) is 4.40. The first kappa shape index (κ1) is 15.2. The van der Waals surface area contributed by atoms with Crippen LogP contribution in [0.4, 0.5) is 0 Å². The fourth-order valence-electron chi connectivity index (χ4n) is 1.58. The van der Waals surface area contributed by atoms with Crippen molar-refractivity contribution in [1.29, 1.82) is 0 Å². The lowest BCUT2D eigenvalue weighted by molar-refractivity contribution is 0.341. The molecule has 0 saturated heterocycles. The van der Waals surface area contributed by atoms with Crippen LogP contribution >= 0.6 is 0 Å². The summed E-state index contributed by atoms with van der Waals surface area (Å²) in [7, 11) is 0. The fraction of sp³-hybridized carbons (Fsp3) is 0.600. The summed E-state index contributed by atoms with van der Waals surface area (Å²) >= 11 is 0. The van der Waals surface area contributed by atoms with Crippen LogP contribution < -0.4 is 0 Å². The van der Waals surface area contributed by atoms with E-state index < -0.39 is 0 Å². The molecule has 1 N–H and O–H groups in total. The van der Waals surface area contributed by atoms with Gasteiger partial charge in [-0.2, -0.15) is 0 Å². The van der Waals surface area contributed by atoms with Crippen molar-refractivity contribution in [3.63, 3.8) is 0 Å². The SMILES string of the molecule is C=C(C)CCC/C(C)=C\CC/C(C)=C/CO. The van der Waals surface area contributed by atoms with Gasteiger partial charge in [-0.05, 0) is 52.9 Å². The monoisotopic (exact) mass is 222 g/mol. The van der Waals surface area contributed by atoms with Crippen LogP contribution in [0, 0.1) is 0 Å². The summed E-state index contributed by atoms with van der Waals surface area (Å²) in [6.45, 7) is 10.4. The first-order valence-electron chi connectivity index (χ1n) is 6.12. The minimum Gasteiger partial charge on any atom is -0.392 e. The van der Waals surface area contributed by atoms with Gasteiger partial charge in [-0.1, -0.05) is 28.9 Å². The zero-order chi connectivity index (χ0) is 12.4. The number of rotatable bonds is 8. The third kappa shape index (κ3) is 9.72. The second kappa shape index (κ2) is 9.41. The van der Waals surface area contributed by atoms with Gasteiger partial charge < -0.3 is 5.11 Å². The van der Waals surface area contributed by atoms with Gasteiger partial charge in [0.1, 0.15) is 0 Å². The van der Waals surface area contributed by atoms with Crippen molar-refractivity contribution in [2.45, 2.75) is 52.9 Å². The van der Waals surface area contributed by atoms with E-state index in [9.17, 15) is 0 Å². The van der Waals surface area contributed by atoms with E-state index in [0.29, 0.717) is 0 Å². The van der Waals surface area contributed by atoms with Crippen molar-refractivity contribution in [2.75, 3.05) is 6.61 Å². The van der Waals surface area contributed by atoms with Crippen molar-refractivity contribution in [1.82, 2.24) is 0 Å². The average Bonchev–Trinajstić information content (AvgIpc) is 2.17. The zero-order valence-electron chi connectivity index (χ0n) is 11.1. The number of aliphatic hydroxyl groups is 1. The number of aliphatic hydroxyl groups excluding tert-OH is 1. The molecule has 0 spiro atoms. The Bertz CT molecular complexity index is 259. The lowest BCUT2D eigenvalue weighted by Gasteiger charge is -2.02. The minimum absolute atomic E-state index is 0.160. The Labute approximate surface area is 101 Å². The van der Waals surface area contributed by atoms with Crippen molar-refractivity contribution in [3.8, 4) is 0 Å². The van der Waals surface area contributed by atoms with E-state index in [1.165, 1.54) is 29.6 Å². The molecule has 0 atom stereocenters. The van der Waals surface area contributed by atoms with E-state index in [0.717, 1.165) is 19.3 Å². The van der Waals surface area contributed by atoms with Gasteiger partial charge in [-0.3, -0.25) is 0 Å². The first-order chi connectivity index (χ1) is 7.56. The van der Waals surface area contributed by atoms with Crippen molar-refractivity contribution >= 4 is 0 Å². The van der Waals surface area contributed by atoms with Gasteiger partial charge in [-0.15, -0.1) is 6.58 Å². The molecule has 0 heterocycles. The van der Waals surface area contributed by atoms with E-state index in [1.54, 1.807) is 0 Å². The molecule has 0 amide bonds. The third-order valence-electron chi connectivity index (χ3n) is 2.65. The van der Waals surface area contributed by atoms with E-state index in [1.807, 2.05) is 6.08 Å². The third-order valence-corrected chi connectivity index (χ3v) is 2.65. The molecule has 92 valence electrons. The lowest BCUT2D eigenvalue weighted by Crippen LogP contribution is -1.83. The zero-order valence-corrected chi connectivity index (χ0v) is 11.1. The van der Waals surface area contributed by atoms with Crippen LogP contribution in [0.5, 0.6) is 0 Å². The van der Waals surface area contributed by atoms with Crippen LogP contribution in [-0.2, 0) is 0 Å². The van der Waals surface area contributed by atoms with Crippen LogP contribution in [0.1, 0.15) is 52.9 Å². The molecule has 1 nitrogen and oxygen atoms in total. The molecule has 0 fully saturated rings. The molecule has 0 bridgehead atoms. The summed E-state index contributed by atoms with van der Waals surface area (Å²) in [6, 6.07) is 0. The molecule has 0 aromatic heterocycles. The van der Waals surface area contributed by atoms with Gasteiger partial charge in [0.15, 0.2) is 0 Å². The second-order valence-electron chi connectivity index (χ2n) is 4.63. The standard InChI is InChI=1S/C15H26O/c1-13(2)7-5-8-14(3)9-6-10-15(4)11-12-16/h9,11,16H,1,5-8,10,12H2,2-4H3/b14-9-,15-11+. The maximum atomic E-state index is 8.71. The van der Waals surface area contributed by atoms with Gasteiger partial charge in [0, 0.05) is 0 Å². The van der Waals surface area contributed by atoms with Crippen LogP contribution in [-0.4, -0.2) is 11.7 Å². The lowest BCUT2D eigenvalue weighted by atomic mass is 10.0. The first-order valence-corrected chi connectivity index (χ1v) is 6.12. The summed E-state index contributed by atoms with van der Waals surface area (Å²) < 4.78 is 0. The molecule has 1 heteroatoms. The highest BCUT2D eigenvalue weighted by atomic mass is 16.2. The van der Waals surface area contributed by atoms with E-state index >= 15 is 0 Å². The van der Waals surface area contributed by atoms with E-state index in [2.05, 4.69) is 33.4 Å². The van der Waals surface area contributed by atoms with Crippen LogP contribution in [0.15, 0.2) is 35.5 Å². The molecule has 0 aromatic rings. The number of hydrogen-bond donors (Lipinski definition) is 1. The number of hydrogen-bond acceptors (Lipinski definition) is 1. The summed E-state index contributed by atoms with van der Waals surface area (Å²) in [5.74, 6) is 0. The maximum Gasteiger partial charge on any atom is 0.0614 e. The molecule has 16 heavy (non-hydrogen) atoms. The van der Waals surface area contributed by atoms with Gasteiger partial charge in [0.25, 0.3) is 0 Å². The quantitative estimate of drug-likeness (QED) is 0.604. The highest BCUT2D eigenvalue weighted by Crippen LogP contribution is 2.12. The highest BCUT2D eigenvalue weighted by Gasteiger charge is 1.93. The Morgan fingerprint density at radius 3 is 2.19 bits per heavy atom. The number of allylic oxidation sites excluding steroid dienone is 4. The normalized spacial score (nSPS) is 13.0. The molecule has 0 unspecified atom stereocenters. The van der Waals surface area contributed by atoms with Gasteiger partial charge in [0.2, 0.25) is 0 Å². The van der Waals surface area contributed by atoms with Gasteiger partial charge in [-0.25, -0.2) is 0 Å². The predicted molar refractivity (Wildman–Crippen MR) is 72.5 cm³/mol. The van der Waals surface area contributed by atoms with Gasteiger partial charge in [0.05, 0.1) is 6.61 Å². The Morgan fingerprint density at radius 1 is 1.00 bits per heavy atom. The molecule has 0 aromatic carbocycles. The average molecular weight is 222 g/mol. The molecule has 0 aliphatic heterocycles. The molecular weight excluding hydrogens is 196 g/mol. The van der Waals surface area contributed by atoms with Crippen LogP contribution in [0.3, 0.4) is 0 Å². The Balaban J connectivity index is 3.70. The van der Waals surface area contributed by atoms with Gasteiger partial charge >= 0.3 is 0 Å². The summed E-state index contributed by atoms with van der Waals surface area (Å²) in [5, 5.41) is 8.71. The van der Waals surface area contributed by atoms with Crippen molar-refractivity contribution in [3.05, 3.63) is 35.5 Å². The highest BCUT2D eigenvalue weighted by molar-refractivity contribution is 5.04. The van der Waals surface area contributed by atoms with E-state index in [4.69, 9.17) is 5.11 Å². The Hall–Kier alpha value is -0.820. The van der Waals surface area contributed by atoms with Crippen molar-refractivity contribution in [2.24, 2.45) is 0 Å². The largest absolute Gasteiger partial charge is 0.392 e. The fourth-order valence-corrected chi connectivity index (χ4v) is 1.58. The summed E-state index contributed by atoms with van der Waals surface area (Å²) in [5.41, 5.74) is 4.01. The molecular formula is C15H26O. The summed E-state index contributed by atoms with van der Waals surface area (Å²) in [4.78, 5) is 0.